The first-order valence-corrected chi connectivity index (χ1v) is 7.55. The summed E-state index contributed by atoms with van der Waals surface area (Å²) in [7, 11) is 1.30. The van der Waals surface area contributed by atoms with Gasteiger partial charge in [-0.1, -0.05) is 11.6 Å². The summed E-state index contributed by atoms with van der Waals surface area (Å²) >= 11 is 5.82. The van der Waals surface area contributed by atoms with Gasteiger partial charge in [0.1, 0.15) is 11.5 Å². The van der Waals surface area contributed by atoms with Crippen molar-refractivity contribution in [3.05, 3.63) is 59.1 Å². The number of ether oxygens (including phenoxy) is 3. The van der Waals surface area contributed by atoms with Crippen LogP contribution in [0.15, 0.2) is 48.5 Å². The number of hydrogen-bond acceptors (Lipinski definition) is 5. The first-order valence-electron chi connectivity index (χ1n) is 7.17. The normalized spacial score (nSPS) is 10.8. The van der Waals surface area contributed by atoms with Crippen LogP contribution in [0.5, 0.6) is 11.5 Å². The van der Waals surface area contributed by atoms with Crippen molar-refractivity contribution in [2.45, 2.75) is 19.4 Å². The highest BCUT2D eigenvalue weighted by Gasteiger charge is 2.32. The minimum absolute atomic E-state index is 0.306. The zero-order valence-corrected chi connectivity index (χ0v) is 14.3. The van der Waals surface area contributed by atoms with Gasteiger partial charge in [0.15, 0.2) is 0 Å². The summed E-state index contributed by atoms with van der Waals surface area (Å²) in [5.74, 6) is -0.217. The quantitative estimate of drug-likeness (QED) is 0.606. The third kappa shape index (κ3) is 4.49. The van der Waals surface area contributed by atoms with Crippen molar-refractivity contribution in [1.29, 1.82) is 0 Å². The van der Waals surface area contributed by atoms with Crippen molar-refractivity contribution >= 4 is 23.5 Å². The molecule has 126 valence electrons. The molecule has 0 fully saturated rings. The van der Waals surface area contributed by atoms with Crippen LogP contribution in [0.4, 0.5) is 0 Å². The molecule has 0 unspecified atom stereocenters. The van der Waals surface area contributed by atoms with Gasteiger partial charge in [-0.05, 0) is 62.4 Å². The number of methoxy groups -OCH3 is 1. The fourth-order valence-electron chi connectivity index (χ4n) is 1.85. The van der Waals surface area contributed by atoms with Crippen LogP contribution in [0.1, 0.15) is 24.2 Å². The van der Waals surface area contributed by atoms with E-state index in [0.29, 0.717) is 22.1 Å². The lowest BCUT2D eigenvalue weighted by Gasteiger charge is -2.24. The Hall–Kier alpha value is -2.53. The van der Waals surface area contributed by atoms with E-state index >= 15 is 0 Å². The topological polar surface area (TPSA) is 61.8 Å². The lowest BCUT2D eigenvalue weighted by atomic mass is 10.1. The Labute approximate surface area is 145 Å². The molecule has 0 aliphatic rings. The average Bonchev–Trinajstić information content (AvgIpc) is 2.56. The Bertz CT molecular complexity index is 720. The van der Waals surface area contributed by atoms with Crippen LogP contribution in [0.2, 0.25) is 5.02 Å². The lowest BCUT2D eigenvalue weighted by molar-refractivity contribution is -0.149. The molecule has 2 rings (SSSR count). The van der Waals surface area contributed by atoms with Gasteiger partial charge in [0, 0.05) is 5.02 Å². The molecule has 0 radical (unpaired) electrons. The van der Waals surface area contributed by atoms with E-state index in [1.54, 1.807) is 38.1 Å². The number of rotatable bonds is 5. The van der Waals surface area contributed by atoms with E-state index in [-0.39, 0.29) is 0 Å². The van der Waals surface area contributed by atoms with Gasteiger partial charge in [-0.3, -0.25) is 0 Å². The van der Waals surface area contributed by atoms with E-state index < -0.39 is 17.5 Å². The van der Waals surface area contributed by atoms with Gasteiger partial charge in [-0.2, -0.15) is 0 Å². The third-order valence-corrected chi connectivity index (χ3v) is 3.42. The van der Waals surface area contributed by atoms with Crippen LogP contribution in [-0.2, 0) is 9.53 Å². The van der Waals surface area contributed by atoms with E-state index in [4.69, 9.17) is 21.1 Å². The van der Waals surface area contributed by atoms with E-state index in [9.17, 15) is 9.59 Å². The minimum Gasteiger partial charge on any atom is -0.476 e. The van der Waals surface area contributed by atoms with E-state index in [2.05, 4.69) is 4.74 Å². The minimum atomic E-state index is -1.20. The average molecular weight is 349 g/mol. The molecule has 5 nitrogen and oxygen atoms in total. The lowest BCUT2D eigenvalue weighted by Crippen LogP contribution is -2.41. The standard InChI is InChI=1S/C18H17ClO5/c1-18(2,24-15-10-6-13(19)7-11-15)17(21)23-14-8-4-12(5-9-14)16(20)22-3/h4-11H,1-3H3. The molecule has 0 atom stereocenters. The van der Waals surface area contributed by atoms with Crippen molar-refractivity contribution in [2.75, 3.05) is 7.11 Å². The Morgan fingerprint density at radius 1 is 0.917 bits per heavy atom. The van der Waals surface area contributed by atoms with Crippen LogP contribution in [-0.4, -0.2) is 24.6 Å². The number of esters is 2. The molecule has 2 aromatic rings. The molecule has 24 heavy (non-hydrogen) atoms. The van der Waals surface area contributed by atoms with Crippen molar-refractivity contribution in [1.82, 2.24) is 0 Å². The molecule has 0 heterocycles. The Morgan fingerprint density at radius 3 is 2.00 bits per heavy atom. The summed E-state index contributed by atoms with van der Waals surface area (Å²) in [6.07, 6.45) is 0. The maximum absolute atomic E-state index is 12.3. The SMILES string of the molecule is COC(=O)c1ccc(OC(=O)C(C)(C)Oc2ccc(Cl)cc2)cc1. The predicted octanol–water partition coefficient (Wildman–Crippen LogP) is 3.89. The van der Waals surface area contributed by atoms with Crippen LogP contribution >= 0.6 is 11.6 Å². The summed E-state index contributed by atoms with van der Waals surface area (Å²) in [4.78, 5) is 23.7. The van der Waals surface area contributed by atoms with E-state index in [0.717, 1.165) is 0 Å². The summed E-state index contributed by atoms with van der Waals surface area (Å²) in [5, 5.41) is 0.577. The first-order chi connectivity index (χ1) is 11.3. The smallest absolute Gasteiger partial charge is 0.355 e. The second kappa shape index (κ2) is 7.36. The van der Waals surface area contributed by atoms with E-state index in [1.807, 2.05) is 0 Å². The molecular formula is C18H17ClO5. The molecule has 0 aliphatic carbocycles. The summed E-state index contributed by atoms with van der Waals surface area (Å²) in [6, 6.07) is 12.7. The van der Waals surface area contributed by atoms with Gasteiger partial charge in [0.05, 0.1) is 12.7 Å². The number of hydrogen-bond donors (Lipinski definition) is 0. The highest BCUT2D eigenvalue weighted by atomic mass is 35.5. The van der Waals surface area contributed by atoms with Gasteiger partial charge >= 0.3 is 11.9 Å². The maximum atomic E-state index is 12.3. The van der Waals surface area contributed by atoms with Crippen LogP contribution < -0.4 is 9.47 Å². The molecule has 2 aromatic carbocycles. The molecule has 0 amide bonds. The highest BCUT2D eigenvalue weighted by Crippen LogP contribution is 2.23. The fraction of sp³-hybridized carbons (Fsp3) is 0.222. The summed E-state index contributed by atoms with van der Waals surface area (Å²) in [6.45, 7) is 3.21. The molecule has 0 saturated carbocycles. The van der Waals surface area contributed by atoms with Crippen LogP contribution in [0.3, 0.4) is 0 Å². The van der Waals surface area contributed by atoms with Gasteiger partial charge in [-0.25, -0.2) is 9.59 Å². The van der Waals surface area contributed by atoms with Gasteiger partial charge < -0.3 is 14.2 Å². The molecule has 0 aromatic heterocycles. The Morgan fingerprint density at radius 2 is 1.46 bits per heavy atom. The van der Waals surface area contributed by atoms with Gasteiger partial charge in [0.25, 0.3) is 0 Å². The van der Waals surface area contributed by atoms with Crippen molar-refractivity contribution in [2.24, 2.45) is 0 Å². The number of benzene rings is 2. The summed E-state index contributed by atoms with van der Waals surface area (Å²) in [5.41, 5.74) is -0.830. The maximum Gasteiger partial charge on any atom is 0.355 e. The highest BCUT2D eigenvalue weighted by molar-refractivity contribution is 6.30. The first kappa shape index (κ1) is 17.8. The molecule has 0 aliphatic heterocycles. The van der Waals surface area contributed by atoms with Crippen LogP contribution in [0, 0.1) is 0 Å². The van der Waals surface area contributed by atoms with Crippen molar-refractivity contribution < 1.29 is 23.8 Å². The molecule has 0 spiro atoms. The predicted molar refractivity (Wildman–Crippen MR) is 89.6 cm³/mol. The van der Waals surface area contributed by atoms with Gasteiger partial charge in [-0.15, -0.1) is 0 Å². The third-order valence-electron chi connectivity index (χ3n) is 3.16. The number of halogens is 1. The second-order valence-electron chi connectivity index (χ2n) is 5.47. The zero-order chi connectivity index (χ0) is 17.7. The Balaban J connectivity index is 2.04. The second-order valence-corrected chi connectivity index (χ2v) is 5.91. The number of carbonyl (C=O) groups is 2. The summed E-state index contributed by atoms with van der Waals surface area (Å²) < 4.78 is 15.6. The molecular weight excluding hydrogens is 332 g/mol. The molecule has 0 saturated heterocycles. The van der Waals surface area contributed by atoms with Gasteiger partial charge in [0.2, 0.25) is 5.60 Å². The molecule has 6 heteroatoms. The van der Waals surface area contributed by atoms with E-state index in [1.165, 1.54) is 31.4 Å². The zero-order valence-electron chi connectivity index (χ0n) is 13.5. The monoisotopic (exact) mass is 348 g/mol. The fourth-order valence-corrected chi connectivity index (χ4v) is 1.97. The van der Waals surface area contributed by atoms with Crippen molar-refractivity contribution in [3.63, 3.8) is 0 Å². The number of carbonyl (C=O) groups excluding carboxylic acids is 2. The Kier molecular flexibility index (Phi) is 5.46. The largest absolute Gasteiger partial charge is 0.476 e. The van der Waals surface area contributed by atoms with Crippen LogP contribution in [0.25, 0.3) is 0 Å². The molecule has 0 bridgehead atoms. The molecule has 0 N–H and O–H groups in total. The van der Waals surface area contributed by atoms with Crippen molar-refractivity contribution in [3.8, 4) is 11.5 Å².